The van der Waals surface area contributed by atoms with Crippen LogP contribution < -0.4 is 5.32 Å². The third-order valence-electron chi connectivity index (χ3n) is 7.14. The summed E-state index contributed by atoms with van der Waals surface area (Å²) in [4.78, 5) is 13.0. The van der Waals surface area contributed by atoms with Gasteiger partial charge in [0.05, 0.1) is 6.10 Å². The van der Waals surface area contributed by atoms with E-state index in [4.69, 9.17) is 0 Å². The molecule has 0 unspecified atom stereocenters. The number of benzene rings is 1. The maximum atomic E-state index is 13.0. The fourth-order valence-electron chi connectivity index (χ4n) is 5.46. The first-order chi connectivity index (χ1) is 15.7. The lowest BCUT2D eigenvalue weighted by molar-refractivity contribution is -0.116. The van der Waals surface area contributed by atoms with E-state index in [2.05, 4.69) is 40.0 Å². The highest BCUT2D eigenvalue weighted by atomic mass is 16.3. The van der Waals surface area contributed by atoms with Gasteiger partial charge in [0.25, 0.3) is 0 Å². The molecule has 1 heterocycles. The van der Waals surface area contributed by atoms with Gasteiger partial charge in [-0.25, -0.2) is 0 Å². The van der Waals surface area contributed by atoms with Crippen LogP contribution in [0.2, 0.25) is 0 Å². The summed E-state index contributed by atoms with van der Waals surface area (Å²) >= 11 is 0. The van der Waals surface area contributed by atoms with Crippen molar-refractivity contribution in [3.8, 4) is 0 Å². The Kier molecular flexibility index (Phi) is 7.22. The van der Waals surface area contributed by atoms with Crippen molar-refractivity contribution < 1.29 is 9.90 Å². The number of aliphatic hydroxyl groups excluding tert-OH is 1. The van der Waals surface area contributed by atoms with Gasteiger partial charge in [0.15, 0.2) is 0 Å². The number of anilines is 1. The lowest BCUT2D eigenvalue weighted by Crippen LogP contribution is -2.27. The van der Waals surface area contributed by atoms with Crippen molar-refractivity contribution in [3.63, 3.8) is 0 Å². The van der Waals surface area contributed by atoms with Crippen molar-refractivity contribution in [1.29, 1.82) is 0 Å². The first-order valence-corrected chi connectivity index (χ1v) is 12.7. The quantitative estimate of drug-likeness (QED) is 0.488. The van der Waals surface area contributed by atoms with Gasteiger partial charge in [0.2, 0.25) is 5.91 Å². The Labute approximate surface area is 198 Å². The van der Waals surface area contributed by atoms with E-state index in [-0.39, 0.29) is 11.8 Å². The molecule has 2 saturated carbocycles. The van der Waals surface area contributed by atoms with Gasteiger partial charge >= 0.3 is 0 Å². The average Bonchev–Trinajstić information content (AvgIpc) is 3.44. The molecule has 0 aliphatic heterocycles. The molecule has 1 aromatic heterocycles. The van der Waals surface area contributed by atoms with Crippen molar-refractivity contribution in [2.75, 3.05) is 5.32 Å². The molecule has 6 nitrogen and oxygen atoms in total. The molecular weight excluding hydrogens is 412 g/mol. The van der Waals surface area contributed by atoms with Crippen LogP contribution in [0.3, 0.4) is 0 Å². The summed E-state index contributed by atoms with van der Waals surface area (Å²) < 4.78 is 2.34. The number of rotatable bonds is 10. The second-order valence-electron chi connectivity index (χ2n) is 11.0. The maximum Gasteiger partial charge on any atom is 0.225 e. The van der Waals surface area contributed by atoms with Gasteiger partial charge in [-0.05, 0) is 82.8 Å². The predicted octanol–water partition coefficient (Wildman–Crippen LogP) is 5.65. The van der Waals surface area contributed by atoms with Crippen molar-refractivity contribution in [2.45, 2.75) is 104 Å². The van der Waals surface area contributed by atoms with Gasteiger partial charge in [-0.3, -0.25) is 4.79 Å². The number of amides is 1. The maximum absolute atomic E-state index is 13.0. The SMILES string of the molecule is Cc1ccc(NC(=O)C[C@@H](C[C@H](C)O)c2nnc([C@H]3C[C@@H](CC(C)C)C3)n2C2CC2)c(C)c1. The summed E-state index contributed by atoms with van der Waals surface area (Å²) in [5.41, 5.74) is 3.07. The minimum absolute atomic E-state index is 0.0415. The normalized spacial score (nSPS) is 22.2. The fourth-order valence-corrected chi connectivity index (χ4v) is 5.46. The van der Waals surface area contributed by atoms with Crippen molar-refractivity contribution >= 4 is 11.6 Å². The zero-order valence-corrected chi connectivity index (χ0v) is 20.8. The minimum Gasteiger partial charge on any atom is -0.393 e. The van der Waals surface area contributed by atoms with Crippen LogP contribution in [0.25, 0.3) is 0 Å². The van der Waals surface area contributed by atoms with Gasteiger partial charge in [-0.2, -0.15) is 0 Å². The standard InChI is InChI=1S/C27H40N4O2/c1-16(2)10-20-13-22(14-20)27-30-29-26(31(27)23-7-8-23)21(12-19(5)32)15-25(33)28-24-9-6-17(3)11-18(24)4/h6,9,11,16,19-23,32H,7-8,10,12-15H2,1-5H3,(H,28,33)/t19-,20-,21+,22+/m0/s1. The number of nitrogens with zero attached hydrogens (tertiary/aromatic N) is 3. The van der Waals surface area contributed by atoms with Gasteiger partial charge < -0.3 is 15.0 Å². The number of aromatic nitrogens is 3. The van der Waals surface area contributed by atoms with Gasteiger partial charge in [0.1, 0.15) is 11.6 Å². The summed E-state index contributed by atoms with van der Waals surface area (Å²) in [6.07, 6.45) is 6.26. The molecule has 1 aromatic carbocycles. The van der Waals surface area contributed by atoms with Crippen molar-refractivity contribution in [2.24, 2.45) is 11.8 Å². The zero-order chi connectivity index (χ0) is 23.7. The van der Waals surface area contributed by atoms with Gasteiger partial charge in [-0.15, -0.1) is 10.2 Å². The van der Waals surface area contributed by atoms with Crippen molar-refractivity contribution in [1.82, 2.24) is 14.8 Å². The van der Waals surface area contributed by atoms with Crippen LogP contribution >= 0.6 is 0 Å². The summed E-state index contributed by atoms with van der Waals surface area (Å²) in [5, 5.41) is 22.6. The monoisotopic (exact) mass is 452 g/mol. The first-order valence-electron chi connectivity index (χ1n) is 12.7. The smallest absolute Gasteiger partial charge is 0.225 e. The van der Waals surface area contributed by atoms with Gasteiger partial charge in [-0.1, -0.05) is 31.5 Å². The molecule has 0 bridgehead atoms. The molecule has 2 aliphatic carbocycles. The van der Waals surface area contributed by atoms with Gasteiger partial charge in [0, 0.05) is 30.0 Å². The Morgan fingerprint density at radius 2 is 1.91 bits per heavy atom. The number of nitrogens with one attached hydrogen (secondary N) is 1. The second kappa shape index (κ2) is 9.96. The summed E-state index contributed by atoms with van der Waals surface area (Å²) in [5.74, 6) is 3.81. The zero-order valence-electron chi connectivity index (χ0n) is 20.8. The second-order valence-corrected chi connectivity index (χ2v) is 11.0. The first kappa shape index (κ1) is 23.9. The lowest BCUT2D eigenvalue weighted by Gasteiger charge is -2.36. The molecule has 0 spiro atoms. The Balaban J connectivity index is 1.51. The highest BCUT2D eigenvalue weighted by molar-refractivity contribution is 5.92. The molecule has 2 N–H and O–H groups in total. The van der Waals surface area contributed by atoms with E-state index in [1.54, 1.807) is 6.92 Å². The Bertz CT molecular complexity index is 970. The topological polar surface area (TPSA) is 80.0 Å². The molecule has 33 heavy (non-hydrogen) atoms. The lowest BCUT2D eigenvalue weighted by atomic mass is 9.71. The molecule has 4 rings (SSSR count). The van der Waals surface area contributed by atoms with Crippen LogP contribution in [0.1, 0.15) is 106 Å². The van der Waals surface area contributed by atoms with Crippen LogP contribution in [0.15, 0.2) is 18.2 Å². The molecular formula is C27H40N4O2. The molecule has 180 valence electrons. The third kappa shape index (κ3) is 5.84. The molecule has 2 fully saturated rings. The van der Waals surface area contributed by atoms with Crippen LogP contribution in [0.5, 0.6) is 0 Å². The number of aliphatic hydroxyl groups is 1. The van der Waals surface area contributed by atoms with Crippen LogP contribution in [-0.2, 0) is 4.79 Å². The van der Waals surface area contributed by atoms with E-state index in [1.807, 2.05) is 26.0 Å². The summed E-state index contributed by atoms with van der Waals surface area (Å²) in [6, 6.07) is 6.50. The molecule has 2 aliphatic rings. The molecule has 0 radical (unpaired) electrons. The average molecular weight is 453 g/mol. The molecule has 1 amide bonds. The van der Waals surface area contributed by atoms with Crippen LogP contribution in [0.4, 0.5) is 5.69 Å². The Morgan fingerprint density at radius 1 is 1.18 bits per heavy atom. The van der Waals surface area contributed by atoms with Crippen molar-refractivity contribution in [3.05, 3.63) is 41.0 Å². The molecule has 2 aromatic rings. The van der Waals surface area contributed by atoms with E-state index >= 15 is 0 Å². The minimum atomic E-state index is -0.504. The fraction of sp³-hybridized carbons (Fsp3) is 0.667. The van der Waals surface area contributed by atoms with Crippen LogP contribution in [0, 0.1) is 25.7 Å². The van der Waals surface area contributed by atoms with E-state index in [0.29, 0.717) is 24.8 Å². The number of hydrogen-bond donors (Lipinski definition) is 2. The van der Waals surface area contributed by atoms with E-state index in [1.165, 1.54) is 24.8 Å². The summed E-state index contributed by atoms with van der Waals surface area (Å²) in [7, 11) is 0. The van der Waals surface area contributed by atoms with E-state index < -0.39 is 6.10 Å². The third-order valence-corrected chi connectivity index (χ3v) is 7.14. The number of hydrogen-bond acceptors (Lipinski definition) is 4. The Hall–Kier alpha value is -2.21. The predicted molar refractivity (Wildman–Crippen MR) is 131 cm³/mol. The molecule has 6 heteroatoms. The van der Waals surface area contributed by atoms with E-state index in [0.717, 1.165) is 47.6 Å². The summed E-state index contributed by atoms with van der Waals surface area (Å²) in [6.45, 7) is 10.4. The molecule has 0 saturated heterocycles. The highest BCUT2D eigenvalue weighted by Crippen LogP contribution is 2.48. The largest absolute Gasteiger partial charge is 0.393 e. The Morgan fingerprint density at radius 3 is 2.52 bits per heavy atom. The van der Waals surface area contributed by atoms with E-state index in [9.17, 15) is 9.90 Å². The number of carbonyl (C=O) groups excluding carboxylic acids is 1. The number of aryl methyl sites for hydroxylation is 2. The number of carbonyl (C=O) groups is 1. The molecule has 2 atom stereocenters. The highest BCUT2D eigenvalue weighted by Gasteiger charge is 2.39. The van der Waals surface area contributed by atoms with Crippen LogP contribution in [-0.4, -0.2) is 31.9 Å².